The average Bonchev–Trinajstić information content (AvgIpc) is 2.90. The van der Waals surface area contributed by atoms with E-state index in [9.17, 15) is 0 Å². The lowest BCUT2D eigenvalue weighted by Gasteiger charge is -2.18. The molecule has 0 aliphatic rings. The predicted octanol–water partition coefficient (Wildman–Crippen LogP) is 3.69. The summed E-state index contributed by atoms with van der Waals surface area (Å²) in [5.41, 5.74) is 1.78. The van der Waals surface area contributed by atoms with E-state index in [1.807, 2.05) is 24.3 Å². The summed E-state index contributed by atoms with van der Waals surface area (Å²) in [4.78, 5) is 3.96. The first kappa shape index (κ1) is 13.6. The molecule has 1 aromatic carbocycles. The van der Waals surface area contributed by atoms with E-state index in [2.05, 4.69) is 28.9 Å². The van der Waals surface area contributed by atoms with Gasteiger partial charge in [-0.2, -0.15) is 5.10 Å². The van der Waals surface area contributed by atoms with Crippen LogP contribution >= 0.6 is 11.6 Å². The van der Waals surface area contributed by atoms with E-state index in [4.69, 9.17) is 11.6 Å². The fourth-order valence-electron chi connectivity index (χ4n) is 1.89. The SMILES string of the molecule is C=CCCC(C)Nc1cccc(Cl)c1-n1cncn1. The van der Waals surface area contributed by atoms with Crippen LogP contribution in [0.4, 0.5) is 5.69 Å². The first-order valence-electron chi connectivity index (χ1n) is 6.23. The zero-order valence-corrected chi connectivity index (χ0v) is 11.6. The maximum atomic E-state index is 6.26. The molecule has 1 N–H and O–H groups in total. The van der Waals surface area contributed by atoms with Crippen molar-refractivity contribution in [1.29, 1.82) is 0 Å². The quantitative estimate of drug-likeness (QED) is 0.818. The fourth-order valence-corrected chi connectivity index (χ4v) is 2.15. The first-order valence-corrected chi connectivity index (χ1v) is 6.61. The zero-order chi connectivity index (χ0) is 13.7. The fraction of sp³-hybridized carbons (Fsp3) is 0.286. The van der Waals surface area contributed by atoms with Crippen molar-refractivity contribution in [3.05, 3.63) is 48.5 Å². The molecule has 1 unspecified atom stereocenters. The molecule has 0 radical (unpaired) electrons. The van der Waals surface area contributed by atoms with E-state index < -0.39 is 0 Å². The van der Waals surface area contributed by atoms with E-state index in [-0.39, 0.29) is 0 Å². The van der Waals surface area contributed by atoms with Crippen molar-refractivity contribution < 1.29 is 0 Å². The second kappa shape index (κ2) is 6.38. The number of nitrogens with one attached hydrogen (secondary N) is 1. The van der Waals surface area contributed by atoms with Crippen molar-refractivity contribution in [2.24, 2.45) is 0 Å². The van der Waals surface area contributed by atoms with Gasteiger partial charge in [0.15, 0.2) is 0 Å². The number of hydrogen-bond donors (Lipinski definition) is 1. The molecule has 0 aliphatic heterocycles. The molecule has 2 aromatic rings. The Balaban J connectivity index is 2.25. The molecule has 4 nitrogen and oxygen atoms in total. The molecule has 0 amide bonds. The highest BCUT2D eigenvalue weighted by Crippen LogP contribution is 2.28. The van der Waals surface area contributed by atoms with Gasteiger partial charge < -0.3 is 5.32 Å². The van der Waals surface area contributed by atoms with Crippen LogP contribution in [-0.2, 0) is 0 Å². The van der Waals surface area contributed by atoms with Gasteiger partial charge in [-0.25, -0.2) is 9.67 Å². The van der Waals surface area contributed by atoms with E-state index in [0.29, 0.717) is 11.1 Å². The summed E-state index contributed by atoms with van der Waals surface area (Å²) in [6.45, 7) is 5.88. The molecule has 5 heteroatoms. The van der Waals surface area contributed by atoms with Gasteiger partial charge in [0.1, 0.15) is 18.3 Å². The number of aromatic nitrogens is 3. The van der Waals surface area contributed by atoms with Gasteiger partial charge in [-0.1, -0.05) is 23.7 Å². The molecular weight excluding hydrogens is 260 g/mol. The highest BCUT2D eigenvalue weighted by molar-refractivity contribution is 6.33. The van der Waals surface area contributed by atoms with Crippen molar-refractivity contribution >= 4 is 17.3 Å². The number of para-hydroxylation sites is 1. The Hall–Kier alpha value is -1.81. The Morgan fingerprint density at radius 2 is 2.37 bits per heavy atom. The minimum absolute atomic E-state index is 0.332. The molecule has 1 atom stereocenters. The Morgan fingerprint density at radius 3 is 3.05 bits per heavy atom. The Bertz CT molecular complexity index is 536. The normalized spacial score (nSPS) is 12.1. The standard InChI is InChI=1S/C14H17ClN4/c1-3-4-6-11(2)18-13-8-5-7-12(15)14(13)19-10-16-9-17-19/h3,5,7-11,18H,1,4,6H2,2H3. The summed E-state index contributed by atoms with van der Waals surface area (Å²) in [7, 11) is 0. The van der Waals surface area contributed by atoms with Crippen LogP contribution in [0, 0.1) is 0 Å². The number of halogens is 1. The van der Waals surface area contributed by atoms with Crippen LogP contribution in [0.3, 0.4) is 0 Å². The van der Waals surface area contributed by atoms with Gasteiger partial charge in [-0.05, 0) is 31.9 Å². The number of anilines is 1. The molecule has 0 saturated heterocycles. The van der Waals surface area contributed by atoms with Crippen LogP contribution in [0.5, 0.6) is 0 Å². The van der Waals surface area contributed by atoms with Crippen LogP contribution in [0.15, 0.2) is 43.5 Å². The summed E-state index contributed by atoms with van der Waals surface area (Å²) in [5, 5.41) is 8.24. The maximum absolute atomic E-state index is 6.26. The van der Waals surface area contributed by atoms with Crippen molar-refractivity contribution in [3.63, 3.8) is 0 Å². The molecule has 0 bridgehead atoms. The van der Waals surface area contributed by atoms with Gasteiger partial charge in [0.2, 0.25) is 0 Å². The first-order chi connectivity index (χ1) is 9.22. The van der Waals surface area contributed by atoms with E-state index >= 15 is 0 Å². The third-order valence-corrected chi connectivity index (χ3v) is 3.15. The zero-order valence-electron chi connectivity index (χ0n) is 10.9. The Kier molecular flexibility index (Phi) is 4.58. The van der Waals surface area contributed by atoms with E-state index in [1.54, 1.807) is 11.0 Å². The van der Waals surface area contributed by atoms with E-state index in [0.717, 1.165) is 24.2 Å². The van der Waals surface area contributed by atoms with Gasteiger partial charge in [0.25, 0.3) is 0 Å². The molecule has 2 rings (SSSR count). The van der Waals surface area contributed by atoms with Crippen LogP contribution < -0.4 is 5.32 Å². The molecule has 0 saturated carbocycles. The van der Waals surface area contributed by atoms with Crippen LogP contribution in [-0.4, -0.2) is 20.8 Å². The number of allylic oxidation sites excluding steroid dienone is 1. The molecule has 0 spiro atoms. The highest BCUT2D eigenvalue weighted by Gasteiger charge is 2.11. The highest BCUT2D eigenvalue weighted by atomic mass is 35.5. The average molecular weight is 277 g/mol. The van der Waals surface area contributed by atoms with E-state index in [1.165, 1.54) is 6.33 Å². The van der Waals surface area contributed by atoms with Crippen LogP contribution in [0.2, 0.25) is 5.02 Å². The van der Waals surface area contributed by atoms with Crippen LogP contribution in [0.25, 0.3) is 5.69 Å². The van der Waals surface area contributed by atoms with Crippen molar-refractivity contribution in [2.75, 3.05) is 5.32 Å². The van der Waals surface area contributed by atoms with Gasteiger partial charge >= 0.3 is 0 Å². The van der Waals surface area contributed by atoms with Gasteiger partial charge in [-0.3, -0.25) is 0 Å². The summed E-state index contributed by atoms with van der Waals surface area (Å²) in [5.74, 6) is 0. The molecule has 0 fully saturated rings. The lowest BCUT2D eigenvalue weighted by molar-refractivity contribution is 0.717. The van der Waals surface area contributed by atoms with Gasteiger partial charge in [0.05, 0.1) is 10.7 Å². The maximum Gasteiger partial charge on any atom is 0.138 e. The third kappa shape index (κ3) is 3.35. The minimum Gasteiger partial charge on any atom is -0.381 e. The third-order valence-electron chi connectivity index (χ3n) is 2.84. The number of hydrogen-bond acceptors (Lipinski definition) is 3. The number of rotatable bonds is 6. The molecule has 1 aromatic heterocycles. The summed E-state index contributed by atoms with van der Waals surface area (Å²) >= 11 is 6.26. The summed E-state index contributed by atoms with van der Waals surface area (Å²) < 4.78 is 1.67. The van der Waals surface area contributed by atoms with Crippen molar-refractivity contribution in [1.82, 2.24) is 14.8 Å². The Morgan fingerprint density at radius 1 is 1.53 bits per heavy atom. The molecule has 0 aliphatic carbocycles. The van der Waals surface area contributed by atoms with Crippen molar-refractivity contribution in [3.8, 4) is 5.69 Å². The number of nitrogens with zero attached hydrogens (tertiary/aromatic N) is 3. The molecular formula is C14H17ClN4. The van der Waals surface area contributed by atoms with Crippen molar-refractivity contribution in [2.45, 2.75) is 25.8 Å². The largest absolute Gasteiger partial charge is 0.381 e. The smallest absolute Gasteiger partial charge is 0.138 e. The Labute approximate surface area is 118 Å². The van der Waals surface area contributed by atoms with Gasteiger partial charge in [0, 0.05) is 6.04 Å². The monoisotopic (exact) mass is 276 g/mol. The lowest BCUT2D eigenvalue weighted by Crippen LogP contribution is -2.16. The molecule has 100 valence electrons. The number of benzene rings is 1. The van der Waals surface area contributed by atoms with Crippen LogP contribution in [0.1, 0.15) is 19.8 Å². The second-order valence-electron chi connectivity index (χ2n) is 4.39. The summed E-state index contributed by atoms with van der Waals surface area (Å²) in [6, 6.07) is 6.09. The van der Waals surface area contributed by atoms with Gasteiger partial charge in [-0.15, -0.1) is 6.58 Å². The topological polar surface area (TPSA) is 42.7 Å². The molecule has 19 heavy (non-hydrogen) atoms. The lowest BCUT2D eigenvalue weighted by atomic mass is 10.1. The predicted molar refractivity (Wildman–Crippen MR) is 78.9 cm³/mol. The second-order valence-corrected chi connectivity index (χ2v) is 4.79. The molecule has 1 heterocycles. The minimum atomic E-state index is 0.332. The summed E-state index contributed by atoms with van der Waals surface area (Å²) in [6.07, 6.45) is 7.06.